The lowest BCUT2D eigenvalue weighted by Gasteiger charge is -2.16. The Balaban J connectivity index is 1.80. The SMILES string of the molecule is COC(=O)c1ccsc1N1CCC(Nc2snc(Cl)c2C#N)C1=O. The molecule has 2 aromatic rings. The van der Waals surface area contributed by atoms with Crippen molar-refractivity contribution < 1.29 is 14.3 Å². The Hall–Kier alpha value is -2.15. The molecule has 0 aliphatic carbocycles. The number of esters is 1. The number of hydrogen-bond acceptors (Lipinski definition) is 8. The number of amides is 1. The number of halogens is 1. The fourth-order valence-corrected chi connectivity index (χ4v) is 4.32. The Morgan fingerprint density at radius 1 is 1.62 bits per heavy atom. The number of hydrogen-bond donors (Lipinski definition) is 1. The summed E-state index contributed by atoms with van der Waals surface area (Å²) in [4.78, 5) is 26.0. The van der Waals surface area contributed by atoms with E-state index in [1.54, 1.807) is 16.3 Å². The molecule has 1 N–H and O–H groups in total. The zero-order valence-corrected chi connectivity index (χ0v) is 14.8. The highest BCUT2D eigenvalue weighted by Crippen LogP contribution is 2.34. The normalized spacial score (nSPS) is 17.0. The van der Waals surface area contributed by atoms with Crippen molar-refractivity contribution >= 4 is 56.3 Å². The second-order valence-electron chi connectivity index (χ2n) is 4.90. The molecule has 1 unspecified atom stereocenters. The molecule has 0 saturated carbocycles. The predicted molar refractivity (Wildman–Crippen MR) is 91.9 cm³/mol. The van der Waals surface area contributed by atoms with E-state index in [1.807, 2.05) is 6.07 Å². The minimum absolute atomic E-state index is 0.124. The van der Waals surface area contributed by atoms with Crippen LogP contribution in [0.2, 0.25) is 5.15 Å². The third-order valence-electron chi connectivity index (χ3n) is 3.57. The van der Waals surface area contributed by atoms with Crippen molar-refractivity contribution in [3.63, 3.8) is 0 Å². The van der Waals surface area contributed by atoms with E-state index in [9.17, 15) is 9.59 Å². The van der Waals surface area contributed by atoms with Crippen LogP contribution in [0, 0.1) is 11.3 Å². The molecule has 1 aliphatic heterocycles. The van der Waals surface area contributed by atoms with Crippen molar-refractivity contribution in [1.82, 2.24) is 4.37 Å². The smallest absolute Gasteiger partial charge is 0.340 e. The number of nitrogens with zero attached hydrogens (tertiary/aromatic N) is 3. The van der Waals surface area contributed by atoms with Crippen molar-refractivity contribution in [1.29, 1.82) is 5.26 Å². The average Bonchev–Trinajstić information content (AvgIpc) is 3.27. The van der Waals surface area contributed by atoms with E-state index < -0.39 is 12.0 Å². The Labute approximate surface area is 150 Å². The number of carbonyl (C=O) groups is 2. The van der Waals surface area contributed by atoms with Crippen LogP contribution in [0.5, 0.6) is 0 Å². The van der Waals surface area contributed by atoms with Gasteiger partial charge in [-0.1, -0.05) is 11.6 Å². The molecule has 1 amide bonds. The number of rotatable bonds is 4. The van der Waals surface area contributed by atoms with Gasteiger partial charge in [0, 0.05) is 6.54 Å². The number of carbonyl (C=O) groups excluding carboxylic acids is 2. The highest BCUT2D eigenvalue weighted by Gasteiger charge is 2.36. The van der Waals surface area contributed by atoms with Crippen LogP contribution in [0.3, 0.4) is 0 Å². The highest BCUT2D eigenvalue weighted by atomic mass is 35.5. The summed E-state index contributed by atoms with van der Waals surface area (Å²) in [7, 11) is 1.30. The van der Waals surface area contributed by atoms with Crippen molar-refractivity contribution in [2.75, 3.05) is 23.9 Å². The molecule has 0 spiro atoms. The first-order valence-corrected chi connectivity index (χ1v) is 8.89. The summed E-state index contributed by atoms with van der Waals surface area (Å²) in [5.74, 6) is -0.646. The van der Waals surface area contributed by atoms with Gasteiger partial charge in [0.15, 0.2) is 5.15 Å². The first kappa shape index (κ1) is 16.7. The second kappa shape index (κ2) is 6.76. The maximum absolute atomic E-state index is 12.7. The molecule has 0 bridgehead atoms. The van der Waals surface area contributed by atoms with E-state index in [0.717, 1.165) is 11.5 Å². The van der Waals surface area contributed by atoms with Crippen LogP contribution >= 0.6 is 34.5 Å². The molecule has 0 radical (unpaired) electrons. The molecule has 3 rings (SSSR count). The van der Waals surface area contributed by atoms with E-state index in [4.69, 9.17) is 21.6 Å². The van der Waals surface area contributed by atoms with E-state index in [1.165, 1.54) is 18.4 Å². The van der Waals surface area contributed by atoms with Gasteiger partial charge in [0.1, 0.15) is 27.7 Å². The molecule has 2 aromatic heterocycles. The molecular formula is C14H11ClN4O3S2. The molecule has 7 nitrogen and oxygen atoms in total. The second-order valence-corrected chi connectivity index (χ2v) is 6.92. The molecule has 1 aliphatic rings. The van der Waals surface area contributed by atoms with Crippen LogP contribution < -0.4 is 10.2 Å². The van der Waals surface area contributed by atoms with Crippen molar-refractivity contribution in [3.05, 3.63) is 27.7 Å². The van der Waals surface area contributed by atoms with Gasteiger partial charge in [0.25, 0.3) is 0 Å². The molecule has 24 heavy (non-hydrogen) atoms. The van der Waals surface area contributed by atoms with Gasteiger partial charge in [-0.2, -0.15) is 9.64 Å². The van der Waals surface area contributed by atoms with Gasteiger partial charge < -0.3 is 15.0 Å². The zero-order chi connectivity index (χ0) is 17.3. The third-order valence-corrected chi connectivity index (χ3v) is 5.66. The number of ether oxygens (including phenoxy) is 1. The van der Waals surface area contributed by atoms with Crippen molar-refractivity contribution in [2.24, 2.45) is 0 Å². The van der Waals surface area contributed by atoms with Crippen LogP contribution in [0.25, 0.3) is 0 Å². The quantitative estimate of drug-likeness (QED) is 0.817. The van der Waals surface area contributed by atoms with Crippen molar-refractivity contribution in [2.45, 2.75) is 12.5 Å². The number of methoxy groups -OCH3 is 1. The number of anilines is 2. The summed E-state index contributed by atoms with van der Waals surface area (Å²) in [6, 6.07) is 3.11. The molecule has 3 heterocycles. The number of nitrogens with one attached hydrogen (secondary N) is 1. The standard InChI is InChI=1S/C14H11ClN4O3S2/c1-22-14(21)7-3-5-23-13(7)19-4-2-9(12(19)20)17-11-8(6-16)10(15)18-24-11/h3,5,9,17H,2,4H2,1H3. The van der Waals surface area contributed by atoms with Crippen LogP contribution in [0.15, 0.2) is 11.4 Å². The Morgan fingerprint density at radius 3 is 3.12 bits per heavy atom. The largest absolute Gasteiger partial charge is 0.465 e. The van der Waals surface area contributed by atoms with Crippen LogP contribution in [0.1, 0.15) is 22.3 Å². The van der Waals surface area contributed by atoms with Crippen LogP contribution in [0.4, 0.5) is 10.0 Å². The first-order valence-electron chi connectivity index (χ1n) is 6.85. The lowest BCUT2D eigenvalue weighted by molar-refractivity contribution is -0.117. The third kappa shape index (κ3) is 2.84. The summed E-state index contributed by atoms with van der Waals surface area (Å²) in [6.07, 6.45) is 0.539. The minimum atomic E-state index is -0.499. The Bertz CT molecular complexity index is 841. The van der Waals surface area contributed by atoms with E-state index >= 15 is 0 Å². The van der Waals surface area contributed by atoms with Gasteiger partial charge in [0.2, 0.25) is 5.91 Å². The van der Waals surface area contributed by atoms with Gasteiger partial charge in [-0.15, -0.1) is 11.3 Å². The molecule has 1 saturated heterocycles. The molecule has 1 atom stereocenters. The summed E-state index contributed by atoms with van der Waals surface area (Å²) in [5.41, 5.74) is 0.606. The Morgan fingerprint density at radius 2 is 2.42 bits per heavy atom. The minimum Gasteiger partial charge on any atom is -0.465 e. The summed E-state index contributed by atoms with van der Waals surface area (Å²) in [5, 5.41) is 15.0. The monoisotopic (exact) mass is 382 g/mol. The lowest BCUT2D eigenvalue weighted by Crippen LogP contribution is -2.33. The Kier molecular flexibility index (Phi) is 4.71. The first-order chi connectivity index (χ1) is 11.6. The highest BCUT2D eigenvalue weighted by molar-refractivity contribution is 7.14. The van der Waals surface area contributed by atoms with Gasteiger partial charge in [-0.25, -0.2) is 4.79 Å². The van der Waals surface area contributed by atoms with Gasteiger partial charge in [0.05, 0.1) is 12.7 Å². The number of nitriles is 1. The number of aromatic nitrogens is 1. The fourth-order valence-electron chi connectivity index (χ4n) is 2.42. The average molecular weight is 383 g/mol. The molecule has 0 aromatic carbocycles. The summed E-state index contributed by atoms with van der Waals surface area (Å²) >= 11 is 8.19. The number of thiophene rings is 1. The van der Waals surface area contributed by atoms with E-state index in [2.05, 4.69) is 9.69 Å². The molecule has 10 heteroatoms. The predicted octanol–water partition coefficient (Wildman–Crippen LogP) is 2.73. The topological polar surface area (TPSA) is 95.3 Å². The van der Waals surface area contributed by atoms with Crippen LogP contribution in [-0.2, 0) is 9.53 Å². The maximum atomic E-state index is 12.7. The van der Waals surface area contributed by atoms with Gasteiger partial charge in [-0.05, 0) is 29.4 Å². The molecule has 1 fully saturated rings. The van der Waals surface area contributed by atoms with Crippen LogP contribution in [-0.4, -0.2) is 35.9 Å². The molecule has 124 valence electrons. The lowest BCUT2D eigenvalue weighted by atomic mass is 10.2. The van der Waals surface area contributed by atoms with E-state index in [0.29, 0.717) is 28.5 Å². The fraction of sp³-hybridized carbons (Fsp3) is 0.286. The molecular weight excluding hydrogens is 372 g/mol. The maximum Gasteiger partial charge on any atom is 0.340 e. The zero-order valence-electron chi connectivity index (χ0n) is 12.4. The summed E-state index contributed by atoms with van der Waals surface area (Å²) < 4.78 is 8.65. The van der Waals surface area contributed by atoms with Gasteiger partial charge in [-0.3, -0.25) is 4.79 Å². The summed E-state index contributed by atoms with van der Waals surface area (Å²) in [6.45, 7) is 0.468. The van der Waals surface area contributed by atoms with Gasteiger partial charge >= 0.3 is 5.97 Å². The van der Waals surface area contributed by atoms with E-state index in [-0.39, 0.29) is 16.6 Å². The van der Waals surface area contributed by atoms with Crippen molar-refractivity contribution in [3.8, 4) is 6.07 Å².